The zero-order valence-electron chi connectivity index (χ0n) is 12.2. The normalized spacial score (nSPS) is 24.5. The topological polar surface area (TPSA) is 15.3 Å². The summed E-state index contributed by atoms with van der Waals surface area (Å²) in [6.45, 7) is 9.13. The van der Waals surface area contributed by atoms with Crippen LogP contribution in [-0.2, 0) is 5.54 Å². The van der Waals surface area contributed by atoms with Crippen molar-refractivity contribution >= 4 is 5.69 Å². The Morgan fingerprint density at radius 2 is 2.06 bits per heavy atom. The molecule has 0 bridgehead atoms. The third kappa shape index (κ3) is 1.93. The summed E-state index contributed by atoms with van der Waals surface area (Å²) in [5, 5.41) is 3.55. The Morgan fingerprint density at radius 1 is 1.33 bits per heavy atom. The second-order valence-electron chi connectivity index (χ2n) is 5.47. The van der Waals surface area contributed by atoms with Crippen LogP contribution in [0.4, 0.5) is 5.69 Å². The van der Waals surface area contributed by atoms with E-state index in [2.05, 4.69) is 62.3 Å². The first-order chi connectivity index (χ1) is 8.66. The van der Waals surface area contributed by atoms with Crippen LogP contribution in [0.5, 0.6) is 0 Å². The van der Waals surface area contributed by atoms with Gasteiger partial charge in [-0.05, 0) is 37.6 Å². The van der Waals surface area contributed by atoms with E-state index in [1.165, 1.54) is 24.1 Å². The maximum Gasteiger partial charge on any atom is 0.0520 e. The van der Waals surface area contributed by atoms with E-state index in [1.807, 2.05) is 0 Å². The van der Waals surface area contributed by atoms with E-state index < -0.39 is 0 Å². The summed E-state index contributed by atoms with van der Waals surface area (Å²) >= 11 is 0. The van der Waals surface area contributed by atoms with Crippen LogP contribution in [0.1, 0.15) is 39.2 Å². The summed E-state index contributed by atoms with van der Waals surface area (Å²) in [7, 11) is 2.27. The molecule has 0 aliphatic carbocycles. The third-order valence-electron chi connectivity index (χ3n) is 4.80. The molecular formula is C16H26N2. The van der Waals surface area contributed by atoms with Crippen LogP contribution in [0.2, 0.25) is 0 Å². The van der Waals surface area contributed by atoms with Crippen molar-refractivity contribution in [3.8, 4) is 0 Å². The van der Waals surface area contributed by atoms with Gasteiger partial charge >= 0.3 is 0 Å². The molecular weight excluding hydrogens is 220 g/mol. The first-order valence-corrected chi connectivity index (χ1v) is 7.21. The molecule has 18 heavy (non-hydrogen) atoms. The Morgan fingerprint density at radius 3 is 2.72 bits per heavy atom. The van der Waals surface area contributed by atoms with Crippen molar-refractivity contribution in [2.45, 2.75) is 39.2 Å². The standard InChI is InChI=1S/C16H26N2/c1-5-13(3)16(18(4)6-2)11-12-17-15-10-8-7-9-14(15)16/h7-10,13,17H,5-6,11-12H2,1-4H3. The average Bonchev–Trinajstić information content (AvgIpc) is 2.44. The number of para-hydroxylation sites is 1. The Bertz CT molecular complexity index is 390. The summed E-state index contributed by atoms with van der Waals surface area (Å²) in [5.41, 5.74) is 3.00. The summed E-state index contributed by atoms with van der Waals surface area (Å²) in [6.07, 6.45) is 2.42. The van der Waals surface area contributed by atoms with E-state index in [4.69, 9.17) is 0 Å². The Kier molecular flexibility index (Phi) is 3.96. The predicted molar refractivity (Wildman–Crippen MR) is 79.0 cm³/mol. The fourth-order valence-electron chi connectivity index (χ4n) is 3.44. The van der Waals surface area contributed by atoms with E-state index in [-0.39, 0.29) is 5.54 Å². The molecule has 0 amide bonds. The fourth-order valence-corrected chi connectivity index (χ4v) is 3.44. The number of anilines is 1. The number of nitrogens with zero attached hydrogens (tertiary/aromatic N) is 1. The Labute approximate surface area is 111 Å². The smallest absolute Gasteiger partial charge is 0.0520 e. The summed E-state index contributed by atoms with van der Waals surface area (Å²) in [6, 6.07) is 8.83. The van der Waals surface area contributed by atoms with Gasteiger partial charge in [0.15, 0.2) is 0 Å². The fraction of sp³-hybridized carbons (Fsp3) is 0.625. The van der Waals surface area contributed by atoms with Crippen molar-refractivity contribution in [1.29, 1.82) is 0 Å². The number of hydrogen-bond donors (Lipinski definition) is 1. The van der Waals surface area contributed by atoms with Gasteiger partial charge in [-0.3, -0.25) is 4.90 Å². The van der Waals surface area contributed by atoms with E-state index >= 15 is 0 Å². The van der Waals surface area contributed by atoms with Crippen molar-refractivity contribution in [2.75, 3.05) is 25.5 Å². The minimum absolute atomic E-state index is 0.200. The molecule has 2 nitrogen and oxygen atoms in total. The van der Waals surface area contributed by atoms with E-state index in [0.717, 1.165) is 13.1 Å². The van der Waals surface area contributed by atoms with Crippen LogP contribution in [0.15, 0.2) is 24.3 Å². The van der Waals surface area contributed by atoms with Gasteiger partial charge in [-0.15, -0.1) is 0 Å². The van der Waals surface area contributed by atoms with Crippen molar-refractivity contribution in [3.63, 3.8) is 0 Å². The average molecular weight is 246 g/mol. The lowest BCUT2D eigenvalue weighted by molar-refractivity contribution is 0.0521. The number of nitrogens with one attached hydrogen (secondary N) is 1. The van der Waals surface area contributed by atoms with Crippen molar-refractivity contribution < 1.29 is 0 Å². The van der Waals surface area contributed by atoms with Crippen LogP contribution in [-0.4, -0.2) is 25.0 Å². The van der Waals surface area contributed by atoms with Crippen LogP contribution < -0.4 is 5.32 Å². The highest BCUT2D eigenvalue weighted by Crippen LogP contribution is 2.45. The van der Waals surface area contributed by atoms with Gasteiger partial charge in [0, 0.05) is 12.2 Å². The van der Waals surface area contributed by atoms with Gasteiger partial charge in [0.25, 0.3) is 0 Å². The zero-order valence-corrected chi connectivity index (χ0v) is 12.2. The highest BCUT2D eigenvalue weighted by Gasteiger charge is 2.43. The van der Waals surface area contributed by atoms with E-state index in [9.17, 15) is 0 Å². The van der Waals surface area contributed by atoms with Gasteiger partial charge in [0.1, 0.15) is 0 Å². The van der Waals surface area contributed by atoms with Gasteiger partial charge < -0.3 is 5.32 Å². The highest BCUT2D eigenvalue weighted by molar-refractivity contribution is 5.57. The summed E-state index contributed by atoms with van der Waals surface area (Å²) in [4.78, 5) is 2.54. The number of rotatable bonds is 4. The first kappa shape index (κ1) is 13.4. The zero-order chi connectivity index (χ0) is 13.2. The Balaban J connectivity index is 2.55. The second-order valence-corrected chi connectivity index (χ2v) is 5.47. The number of fused-ring (bicyclic) bond motifs is 1. The minimum atomic E-state index is 0.200. The lowest BCUT2D eigenvalue weighted by atomic mass is 9.71. The molecule has 1 aromatic rings. The molecule has 0 spiro atoms. The quantitative estimate of drug-likeness (QED) is 0.871. The number of hydrogen-bond acceptors (Lipinski definition) is 2. The van der Waals surface area contributed by atoms with Crippen LogP contribution in [0.3, 0.4) is 0 Å². The van der Waals surface area contributed by atoms with Crippen LogP contribution in [0.25, 0.3) is 0 Å². The van der Waals surface area contributed by atoms with Crippen molar-refractivity contribution in [1.82, 2.24) is 4.90 Å². The molecule has 1 heterocycles. The molecule has 2 atom stereocenters. The molecule has 1 aliphatic heterocycles. The monoisotopic (exact) mass is 246 g/mol. The molecule has 0 saturated heterocycles. The third-order valence-corrected chi connectivity index (χ3v) is 4.80. The highest BCUT2D eigenvalue weighted by atomic mass is 15.2. The largest absolute Gasteiger partial charge is 0.385 e. The molecule has 1 aromatic carbocycles. The summed E-state index contributed by atoms with van der Waals surface area (Å²) in [5.74, 6) is 0.672. The van der Waals surface area contributed by atoms with Gasteiger partial charge in [0.05, 0.1) is 5.54 Å². The number of benzene rings is 1. The first-order valence-electron chi connectivity index (χ1n) is 7.21. The maximum absolute atomic E-state index is 3.55. The minimum Gasteiger partial charge on any atom is -0.385 e. The van der Waals surface area contributed by atoms with Gasteiger partial charge in [-0.2, -0.15) is 0 Å². The van der Waals surface area contributed by atoms with Crippen LogP contribution in [0, 0.1) is 5.92 Å². The molecule has 0 saturated carbocycles. The molecule has 100 valence electrons. The lowest BCUT2D eigenvalue weighted by Crippen LogP contribution is -2.51. The lowest BCUT2D eigenvalue weighted by Gasteiger charge is -2.49. The SMILES string of the molecule is CCC(C)C1(N(C)CC)CCNc2ccccc21. The van der Waals surface area contributed by atoms with Gasteiger partial charge in [0.2, 0.25) is 0 Å². The molecule has 1 aliphatic rings. The van der Waals surface area contributed by atoms with Crippen molar-refractivity contribution in [2.24, 2.45) is 5.92 Å². The maximum atomic E-state index is 3.55. The van der Waals surface area contributed by atoms with E-state index in [0.29, 0.717) is 5.92 Å². The van der Waals surface area contributed by atoms with Gasteiger partial charge in [-0.25, -0.2) is 0 Å². The molecule has 0 fully saturated rings. The molecule has 1 N–H and O–H groups in total. The molecule has 0 radical (unpaired) electrons. The van der Waals surface area contributed by atoms with Crippen LogP contribution >= 0.6 is 0 Å². The molecule has 2 heteroatoms. The molecule has 2 rings (SSSR count). The Hall–Kier alpha value is -1.02. The second kappa shape index (κ2) is 5.31. The molecule has 0 aromatic heterocycles. The van der Waals surface area contributed by atoms with Crippen molar-refractivity contribution in [3.05, 3.63) is 29.8 Å². The van der Waals surface area contributed by atoms with E-state index in [1.54, 1.807) is 0 Å². The predicted octanol–water partition coefficient (Wildman–Crippen LogP) is 3.70. The molecule has 2 unspecified atom stereocenters. The summed E-state index contributed by atoms with van der Waals surface area (Å²) < 4.78 is 0. The van der Waals surface area contributed by atoms with Gasteiger partial charge in [-0.1, -0.05) is 45.4 Å².